The number of ether oxygens (including phenoxy) is 2. The van der Waals surface area contributed by atoms with Gasteiger partial charge in [-0.2, -0.15) is 4.98 Å². The van der Waals surface area contributed by atoms with Crippen molar-refractivity contribution in [3.8, 4) is 0 Å². The molecule has 0 amide bonds. The van der Waals surface area contributed by atoms with Crippen molar-refractivity contribution in [2.45, 2.75) is 55.9 Å². The summed E-state index contributed by atoms with van der Waals surface area (Å²) in [7, 11) is 0. The Bertz CT molecular complexity index is 1840. The van der Waals surface area contributed by atoms with Crippen molar-refractivity contribution in [3.05, 3.63) is 34.5 Å². The van der Waals surface area contributed by atoms with Crippen molar-refractivity contribution in [3.63, 3.8) is 0 Å². The van der Waals surface area contributed by atoms with E-state index in [-0.39, 0.29) is 35.7 Å². The van der Waals surface area contributed by atoms with Crippen LogP contribution >= 0.6 is 25.8 Å². The Morgan fingerprint density at radius 3 is 2.77 bits per heavy atom. The summed E-state index contributed by atoms with van der Waals surface area (Å²) in [6.45, 7) is -9.42. The maximum Gasteiger partial charge on any atom is 0.386 e. The van der Waals surface area contributed by atoms with E-state index < -0.39 is 75.3 Å². The molecule has 2 bridgehead atoms. The molecule has 4 aliphatic rings. The molecule has 236 valence electrons. The van der Waals surface area contributed by atoms with Crippen LogP contribution in [0.15, 0.2) is 28.4 Å². The molecule has 3 fully saturated rings. The molecule has 3 saturated heterocycles. The molecule has 0 aliphatic carbocycles. The second kappa shape index (κ2) is 11.2. The number of anilines is 1. The van der Waals surface area contributed by atoms with Gasteiger partial charge in [0.25, 0.3) is 5.56 Å². The summed E-state index contributed by atoms with van der Waals surface area (Å²) in [5.74, 6) is 0.0587. The lowest BCUT2D eigenvalue weighted by atomic mass is 10.1. The zero-order valence-electron chi connectivity index (χ0n) is 22.2. The summed E-state index contributed by atoms with van der Waals surface area (Å²) in [6.07, 6.45) is -4.54. The van der Waals surface area contributed by atoms with E-state index in [0.29, 0.717) is 11.4 Å². The summed E-state index contributed by atoms with van der Waals surface area (Å²) in [6, 6.07) is 1.63. The van der Waals surface area contributed by atoms with Gasteiger partial charge >= 0.3 is 13.5 Å². The molecule has 3 aromatic heterocycles. The molecular formula is C22H24FN7O10P2S2. The Kier molecular flexibility index (Phi) is 7.69. The summed E-state index contributed by atoms with van der Waals surface area (Å²) in [5, 5.41) is 0. The highest BCUT2D eigenvalue weighted by Crippen LogP contribution is 2.58. The zero-order valence-corrected chi connectivity index (χ0v) is 25.7. The van der Waals surface area contributed by atoms with Crippen LogP contribution in [0.4, 0.5) is 16.2 Å². The Morgan fingerprint density at radius 1 is 1.16 bits per heavy atom. The molecule has 4 N–H and O–H groups in total. The van der Waals surface area contributed by atoms with Crippen LogP contribution < -0.4 is 11.3 Å². The van der Waals surface area contributed by atoms with Gasteiger partial charge in [0.1, 0.15) is 30.4 Å². The van der Waals surface area contributed by atoms with E-state index in [9.17, 15) is 19.0 Å². The number of hydrogen-bond donors (Lipinski definition) is 4. The SMILES string of the molecule is Nc1nc2c(ncn2[C@@H]2O[C@@H]3COP(O)(=S)O[C@H]4C[C@H](n5ccc6c5N=CCC6=O)O[C@@H]4COP(=O)(S)O[C@@H]2[C@@H]3F)c(=O)[nH]1. The lowest BCUT2D eigenvalue weighted by Gasteiger charge is -2.26. The standard InChI is InChI=1S/C22H24FN7O10P2S2/c23-15-13-7-36-41(33,43)39-11-5-14(29-4-2-9-10(31)1-3-25-18(9)29)37-12(11)6-35-42(34,44)40-17(15)21(38-13)30-8-26-16-19(30)27-22(24)28-20(16)32/h2-4,8,11-15,17,21H,1,5-7H2,(H,33,43)(H,34,44)(H3,24,27,28,32)/t11-,12+,13+,14+,15+,17+,21+,41?,42?/m0/s1. The van der Waals surface area contributed by atoms with E-state index in [2.05, 4.69) is 32.2 Å². The number of halogens is 1. The number of hydrogen-bond acceptors (Lipinski definition) is 14. The van der Waals surface area contributed by atoms with Gasteiger partial charge in [-0.05, 0) is 17.9 Å². The Morgan fingerprint density at radius 2 is 1.95 bits per heavy atom. The van der Waals surface area contributed by atoms with Gasteiger partial charge in [-0.25, -0.2) is 18.9 Å². The predicted octanol–water partition coefficient (Wildman–Crippen LogP) is 2.09. The highest BCUT2D eigenvalue weighted by molar-refractivity contribution is 8.44. The van der Waals surface area contributed by atoms with Gasteiger partial charge in [0, 0.05) is 25.3 Å². The number of rotatable bonds is 2. The molecule has 22 heteroatoms. The smallest absolute Gasteiger partial charge is 0.369 e. The van der Waals surface area contributed by atoms with Crippen molar-refractivity contribution < 1.29 is 46.2 Å². The highest BCUT2D eigenvalue weighted by Gasteiger charge is 2.52. The number of carbonyl (C=O) groups is 1. The minimum Gasteiger partial charge on any atom is -0.369 e. The number of nitrogens with one attached hydrogen (secondary N) is 1. The number of nitrogens with zero attached hydrogens (tertiary/aromatic N) is 5. The molecule has 2 unspecified atom stereocenters. The zero-order chi connectivity index (χ0) is 31.0. The summed E-state index contributed by atoms with van der Waals surface area (Å²) in [4.78, 5) is 50.2. The van der Waals surface area contributed by atoms with E-state index in [4.69, 9.17) is 45.1 Å². The first-order valence-electron chi connectivity index (χ1n) is 13.1. The number of alkyl halides is 1. The van der Waals surface area contributed by atoms with Crippen LogP contribution in [0, 0.1) is 0 Å². The van der Waals surface area contributed by atoms with E-state index in [1.54, 1.807) is 16.8 Å². The van der Waals surface area contributed by atoms with E-state index in [1.165, 1.54) is 10.8 Å². The van der Waals surface area contributed by atoms with Crippen LogP contribution in [0.1, 0.15) is 35.7 Å². The normalized spacial score (nSPS) is 37.7. The second-order valence-electron chi connectivity index (χ2n) is 10.3. The third kappa shape index (κ3) is 5.51. The largest absolute Gasteiger partial charge is 0.386 e. The number of carbonyl (C=O) groups excluding carboxylic acids is 1. The first kappa shape index (κ1) is 30.3. The van der Waals surface area contributed by atoms with Gasteiger partial charge in [0.2, 0.25) is 5.95 Å². The van der Waals surface area contributed by atoms with Crippen molar-refractivity contribution in [2.24, 2.45) is 4.99 Å². The maximum absolute atomic E-state index is 15.8. The molecule has 0 radical (unpaired) electrons. The van der Waals surface area contributed by atoms with Gasteiger partial charge in [-0.15, -0.1) is 0 Å². The first-order valence-corrected chi connectivity index (χ1v) is 18.4. The minimum absolute atomic E-state index is 0.0586. The molecule has 7 heterocycles. The number of nitrogens with two attached hydrogens (primary N) is 1. The number of ketones is 1. The molecule has 44 heavy (non-hydrogen) atoms. The van der Waals surface area contributed by atoms with Gasteiger partial charge in [-0.1, -0.05) is 12.2 Å². The summed E-state index contributed by atoms with van der Waals surface area (Å²) < 4.78 is 66.5. The minimum atomic E-state index is -4.35. The van der Waals surface area contributed by atoms with E-state index >= 15 is 4.39 Å². The molecular weight excluding hydrogens is 667 g/mol. The van der Waals surface area contributed by atoms with Crippen LogP contribution in [0.2, 0.25) is 0 Å². The van der Waals surface area contributed by atoms with Crippen LogP contribution in [-0.4, -0.2) is 84.8 Å². The van der Waals surface area contributed by atoms with Crippen LogP contribution in [0.25, 0.3) is 11.2 Å². The topological polar surface area (TPSA) is 217 Å². The van der Waals surface area contributed by atoms with E-state index in [0.717, 1.165) is 6.33 Å². The third-order valence-corrected chi connectivity index (χ3v) is 10.7. The van der Waals surface area contributed by atoms with Crippen molar-refractivity contribution in [1.29, 1.82) is 0 Å². The van der Waals surface area contributed by atoms with Gasteiger partial charge in [-0.3, -0.25) is 28.2 Å². The Balaban J connectivity index is 1.18. The van der Waals surface area contributed by atoms with Crippen molar-refractivity contribution >= 4 is 72.5 Å². The van der Waals surface area contributed by atoms with Crippen LogP contribution in [-0.2, 0) is 43.9 Å². The van der Waals surface area contributed by atoms with Crippen molar-refractivity contribution in [1.82, 2.24) is 24.1 Å². The molecule has 3 aromatic rings. The summed E-state index contributed by atoms with van der Waals surface area (Å²) >= 11 is 9.29. The quantitative estimate of drug-likeness (QED) is 0.224. The molecule has 4 aliphatic heterocycles. The number of Topliss-reactive ketones (excluding diaryl/α,β-unsaturated/α-hetero) is 1. The number of aromatic amines is 1. The molecule has 0 spiro atoms. The molecule has 0 aromatic carbocycles. The van der Waals surface area contributed by atoms with E-state index in [1.807, 2.05) is 0 Å². The number of aliphatic imine (C=N–C) groups is 1. The fraction of sp³-hybridized carbons (Fsp3) is 0.500. The Hall–Kier alpha value is -2.35. The molecule has 17 nitrogen and oxygen atoms in total. The average molecular weight is 692 g/mol. The third-order valence-electron chi connectivity index (χ3n) is 7.49. The van der Waals surface area contributed by atoms with Gasteiger partial charge in [0.15, 0.2) is 29.3 Å². The number of thiol groups is 1. The number of nitrogen functional groups attached to an aromatic ring is 1. The fourth-order valence-electron chi connectivity index (χ4n) is 5.50. The number of H-pyrrole nitrogens is 1. The lowest BCUT2D eigenvalue weighted by molar-refractivity contribution is -0.0578. The number of aromatic nitrogens is 5. The second-order valence-corrected chi connectivity index (χ2v) is 16.0. The monoisotopic (exact) mass is 691 g/mol. The average Bonchev–Trinajstić information content (AvgIpc) is 3.72. The molecule has 9 atom stereocenters. The number of imidazole rings is 1. The van der Waals surface area contributed by atoms with Crippen LogP contribution in [0.3, 0.4) is 0 Å². The maximum atomic E-state index is 15.8. The molecule has 0 saturated carbocycles. The predicted molar refractivity (Wildman–Crippen MR) is 156 cm³/mol. The number of fused-ring (bicyclic) bond motifs is 5. The summed E-state index contributed by atoms with van der Waals surface area (Å²) in [5.41, 5.74) is 5.29. The van der Waals surface area contributed by atoms with Crippen molar-refractivity contribution in [2.75, 3.05) is 18.9 Å². The van der Waals surface area contributed by atoms with Gasteiger partial charge < -0.3 is 33.7 Å². The Labute approximate surface area is 256 Å². The fourth-order valence-corrected chi connectivity index (χ4v) is 8.42. The van der Waals surface area contributed by atoms with Gasteiger partial charge in [0.05, 0.1) is 31.2 Å². The lowest BCUT2D eigenvalue weighted by Crippen LogP contribution is -2.32. The highest BCUT2D eigenvalue weighted by atomic mass is 32.7. The molecule has 7 rings (SSSR count). The van der Waals surface area contributed by atoms with Crippen LogP contribution in [0.5, 0.6) is 0 Å². The first-order chi connectivity index (χ1) is 20.9.